The predicted octanol–water partition coefficient (Wildman–Crippen LogP) is -1.03. The Labute approximate surface area is 47.6 Å². The molecule has 4 nitrogen and oxygen atoms in total. The molecule has 0 saturated carbocycles. The number of sulfonamides is 1. The van der Waals surface area contributed by atoms with E-state index in [4.69, 9.17) is 0 Å². The molecule has 0 aromatic heterocycles. The summed E-state index contributed by atoms with van der Waals surface area (Å²) in [7, 11) is -3.21. The molecule has 44 valence electrons. The number of hydrogen-bond donors (Lipinski definition) is 0. The zero-order chi connectivity index (χ0) is 6.04. The van der Waals surface area contributed by atoms with Crippen LogP contribution in [-0.4, -0.2) is 14.3 Å². The fourth-order valence-electron chi connectivity index (χ4n) is 0.338. The minimum absolute atomic E-state index is 0.205. The van der Waals surface area contributed by atoms with E-state index in [1.54, 1.807) is 0 Å². The van der Waals surface area contributed by atoms with Gasteiger partial charge in [-0.2, -0.15) is 4.72 Å². The van der Waals surface area contributed by atoms with E-state index < -0.39 is 10.0 Å². The Kier molecular flexibility index (Phi) is 1.13. The van der Waals surface area contributed by atoms with Gasteiger partial charge in [0.05, 0.1) is 6.20 Å². The van der Waals surface area contributed by atoms with Crippen LogP contribution in [0.4, 0.5) is 0 Å². The van der Waals surface area contributed by atoms with Gasteiger partial charge in [-0.05, 0) is 0 Å². The molecule has 1 aliphatic rings. The van der Waals surface area contributed by atoms with Gasteiger partial charge in [-0.3, -0.25) is 5.32 Å². The smallest absolute Gasteiger partial charge is 0.273 e. The van der Waals surface area contributed by atoms with Crippen molar-refractivity contribution in [2.75, 3.05) is 5.88 Å². The largest absolute Gasteiger partial charge is 0.273 e. The van der Waals surface area contributed by atoms with Crippen molar-refractivity contribution in [1.29, 1.82) is 0 Å². The third kappa shape index (κ3) is 1.13. The minimum atomic E-state index is -3.21. The van der Waals surface area contributed by atoms with E-state index in [0.717, 1.165) is 0 Å². The van der Waals surface area contributed by atoms with Crippen molar-refractivity contribution < 1.29 is 8.42 Å². The molecule has 0 aromatic rings. The van der Waals surface area contributed by atoms with Gasteiger partial charge in [0.25, 0.3) is 10.0 Å². The Hall–Kier alpha value is -0.710. The molecule has 0 fully saturated rings. The van der Waals surface area contributed by atoms with Crippen molar-refractivity contribution in [2.24, 2.45) is 0 Å². The molecular weight excluding hydrogens is 128 g/mol. The van der Waals surface area contributed by atoms with Crippen LogP contribution in [0.3, 0.4) is 0 Å². The van der Waals surface area contributed by atoms with Crippen LogP contribution in [0.25, 0.3) is 0 Å². The van der Waals surface area contributed by atoms with E-state index in [0.29, 0.717) is 0 Å². The molecule has 0 N–H and O–H groups in total. The van der Waals surface area contributed by atoms with Crippen LogP contribution in [0.15, 0.2) is 12.4 Å². The van der Waals surface area contributed by atoms with E-state index in [-0.39, 0.29) is 5.88 Å². The van der Waals surface area contributed by atoms with Crippen LogP contribution < -0.4 is 10.0 Å². The van der Waals surface area contributed by atoms with E-state index in [1.165, 1.54) is 12.4 Å². The van der Waals surface area contributed by atoms with Gasteiger partial charge >= 0.3 is 0 Å². The lowest BCUT2D eigenvalue weighted by molar-refractivity contribution is 0.582. The monoisotopic (exact) mass is 132 g/mol. The fraction of sp³-hybridized carbons (Fsp3) is 0.333. The number of hydrogen-bond acceptors (Lipinski definition) is 2. The van der Waals surface area contributed by atoms with Crippen LogP contribution in [-0.2, 0) is 10.0 Å². The maximum Gasteiger partial charge on any atom is 0.273 e. The van der Waals surface area contributed by atoms with Crippen molar-refractivity contribution in [3.05, 3.63) is 12.4 Å². The highest BCUT2D eigenvalue weighted by molar-refractivity contribution is 7.89. The summed E-state index contributed by atoms with van der Waals surface area (Å²) >= 11 is 0. The predicted molar refractivity (Wildman–Crippen MR) is 27.2 cm³/mol. The lowest BCUT2D eigenvalue weighted by atomic mass is 10.9. The van der Waals surface area contributed by atoms with Gasteiger partial charge < -0.3 is 0 Å². The van der Waals surface area contributed by atoms with E-state index in [9.17, 15) is 8.42 Å². The van der Waals surface area contributed by atoms with E-state index in [1.807, 2.05) is 0 Å². The van der Waals surface area contributed by atoms with Crippen LogP contribution in [0.5, 0.6) is 0 Å². The molecular formula is C3H4N2O2S. The average Bonchev–Trinajstić information content (AvgIpc) is 1.65. The molecule has 0 atom stereocenters. The molecule has 0 spiro atoms. The Morgan fingerprint density at radius 3 is 2.38 bits per heavy atom. The SMILES string of the molecule is O=S1(=O)C[N]C=C[N]1. The first-order chi connectivity index (χ1) is 3.71. The summed E-state index contributed by atoms with van der Waals surface area (Å²) in [5.74, 6) is -0.205. The van der Waals surface area contributed by atoms with E-state index >= 15 is 0 Å². The van der Waals surface area contributed by atoms with Crippen molar-refractivity contribution in [3.8, 4) is 0 Å². The highest BCUT2D eigenvalue weighted by Gasteiger charge is 2.11. The Morgan fingerprint density at radius 2 is 2.12 bits per heavy atom. The van der Waals surface area contributed by atoms with Gasteiger partial charge in [-0.25, -0.2) is 8.42 Å². The van der Waals surface area contributed by atoms with E-state index in [2.05, 4.69) is 10.0 Å². The number of nitrogens with zero attached hydrogens (tertiary/aromatic N) is 2. The lowest BCUT2D eigenvalue weighted by Gasteiger charge is -2.02. The zero-order valence-electron chi connectivity index (χ0n) is 3.98. The molecule has 2 radical (unpaired) electrons. The second kappa shape index (κ2) is 1.66. The molecule has 1 heterocycles. The fourth-order valence-corrected chi connectivity index (χ4v) is 0.919. The quantitative estimate of drug-likeness (QED) is 0.423. The highest BCUT2D eigenvalue weighted by atomic mass is 32.2. The number of rotatable bonds is 0. The Morgan fingerprint density at radius 1 is 1.38 bits per heavy atom. The summed E-state index contributed by atoms with van der Waals surface area (Å²) in [4.78, 5) is 0. The summed E-state index contributed by atoms with van der Waals surface area (Å²) in [6.45, 7) is 0. The van der Waals surface area contributed by atoms with Gasteiger partial charge in [0.15, 0.2) is 5.88 Å². The normalized spacial score (nSPS) is 23.5. The van der Waals surface area contributed by atoms with Gasteiger partial charge in [0.1, 0.15) is 0 Å². The summed E-state index contributed by atoms with van der Waals surface area (Å²) in [5, 5.41) is 3.47. The maximum absolute atomic E-state index is 10.3. The Bertz CT molecular complexity index is 193. The second-order valence-corrected chi connectivity index (χ2v) is 2.93. The van der Waals surface area contributed by atoms with Crippen LogP contribution >= 0.6 is 0 Å². The van der Waals surface area contributed by atoms with Crippen molar-refractivity contribution in [1.82, 2.24) is 10.0 Å². The van der Waals surface area contributed by atoms with Gasteiger partial charge in [-0.15, -0.1) is 0 Å². The second-order valence-electron chi connectivity index (χ2n) is 1.30. The minimum Gasteiger partial charge on any atom is -0.273 e. The highest BCUT2D eigenvalue weighted by Crippen LogP contribution is 1.89. The van der Waals surface area contributed by atoms with Crippen LogP contribution in [0, 0.1) is 0 Å². The molecule has 0 aliphatic carbocycles. The third-order valence-corrected chi connectivity index (χ3v) is 1.55. The molecule has 0 unspecified atom stereocenters. The molecule has 0 bridgehead atoms. The molecule has 8 heavy (non-hydrogen) atoms. The molecule has 1 aliphatic heterocycles. The molecule has 0 aromatic carbocycles. The van der Waals surface area contributed by atoms with Crippen molar-refractivity contribution in [2.45, 2.75) is 0 Å². The lowest BCUT2D eigenvalue weighted by Crippen LogP contribution is -2.24. The summed E-state index contributed by atoms with van der Waals surface area (Å²) in [6, 6.07) is 0. The first-order valence-corrected chi connectivity index (χ1v) is 3.58. The topological polar surface area (TPSA) is 62.3 Å². The van der Waals surface area contributed by atoms with Crippen molar-refractivity contribution in [3.63, 3.8) is 0 Å². The summed E-state index contributed by atoms with van der Waals surface area (Å²) in [6.07, 6.45) is 2.53. The summed E-state index contributed by atoms with van der Waals surface area (Å²) in [5.41, 5.74) is 0. The van der Waals surface area contributed by atoms with Gasteiger partial charge in [0, 0.05) is 6.20 Å². The first kappa shape index (κ1) is 5.43. The van der Waals surface area contributed by atoms with Crippen LogP contribution in [0.2, 0.25) is 0 Å². The zero-order valence-corrected chi connectivity index (χ0v) is 4.80. The Balaban J connectivity index is 2.79. The first-order valence-electron chi connectivity index (χ1n) is 1.97. The molecule has 0 amide bonds. The maximum atomic E-state index is 10.3. The summed E-state index contributed by atoms with van der Waals surface area (Å²) < 4.78 is 23.8. The average molecular weight is 132 g/mol. The van der Waals surface area contributed by atoms with Gasteiger partial charge in [0.2, 0.25) is 0 Å². The molecule has 0 saturated heterocycles. The standard InChI is InChI=1S/C3H4N2O2S/c6-8(7)3-4-1-2-5-8/h1-2H,3H2. The third-order valence-electron chi connectivity index (χ3n) is 0.631. The van der Waals surface area contributed by atoms with Crippen LogP contribution in [0.1, 0.15) is 0 Å². The molecule has 1 rings (SSSR count). The van der Waals surface area contributed by atoms with Crippen molar-refractivity contribution >= 4 is 10.0 Å². The van der Waals surface area contributed by atoms with Gasteiger partial charge in [-0.1, -0.05) is 0 Å². The molecule has 5 heteroatoms.